The number of nitrogens with zero attached hydrogens (tertiary/aromatic N) is 3. The van der Waals surface area contributed by atoms with Crippen LogP contribution in [0.25, 0.3) is 0 Å². The van der Waals surface area contributed by atoms with E-state index in [0.29, 0.717) is 32.4 Å². The second-order valence-corrected chi connectivity index (χ2v) is 9.72. The normalized spacial score (nSPS) is 16.6. The summed E-state index contributed by atoms with van der Waals surface area (Å²) in [4.78, 5) is 21.6. The first kappa shape index (κ1) is 25.0. The molecule has 4 rings (SSSR count). The molecule has 8 nitrogen and oxygen atoms in total. The third-order valence-corrected chi connectivity index (χ3v) is 5.60. The fraction of sp³-hybridized carbons (Fsp3) is 0.632. The number of likely N-dealkylation sites (tertiary alicyclic amines) is 1. The smallest absolute Gasteiger partial charge is 0.410 e. The Morgan fingerprint density at radius 3 is 2.00 bits per heavy atom. The van der Waals surface area contributed by atoms with E-state index in [0.717, 1.165) is 23.1 Å². The van der Waals surface area contributed by atoms with Crippen molar-refractivity contribution in [2.24, 2.45) is 0 Å². The number of ether oxygens (including phenoxy) is 3. The van der Waals surface area contributed by atoms with Crippen LogP contribution in [0.4, 0.5) is 4.79 Å². The standard InChI is InChI=1S/C12H18N2O3S.C7H10N2OS.ClH/c1-12(2,3)17-11(15)14-6-9(7-14)16-8-10-13-4-5-18-10;1-2-11-7(9-1)5-10-6-3-8-4-6;/h4-5,9H,6-8H2,1-3H3;1-2,6,8H,3-5H2;1H. The van der Waals surface area contributed by atoms with Gasteiger partial charge in [-0.3, -0.25) is 0 Å². The monoisotopic (exact) mass is 476 g/mol. The van der Waals surface area contributed by atoms with Gasteiger partial charge in [0.05, 0.1) is 38.5 Å². The van der Waals surface area contributed by atoms with E-state index in [9.17, 15) is 4.79 Å². The summed E-state index contributed by atoms with van der Waals surface area (Å²) in [6.45, 7) is 9.95. The molecule has 0 saturated carbocycles. The highest BCUT2D eigenvalue weighted by Gasteiger charge is 2.34. The third kappa shape index (κ3) is 8.44. The molecule has 30 heavy (non-hydrogen) atoms. The van der Waals surface area contributed by atoms with Crippen LogP contribution in [0, 0.1) is 0 Å². The Morgan fingerprint density at radius 2 is 1.60 bits per heavy atom. The predicted molar refractivity (Wildman–Crippen MR) is 119 cm³/mol. The summed E-state index contributed by atoms with van der Waals surface area (Å²) in [5, 5.41) is 9.07. The Labute approximate surface area is 191 Å². The van der Waals surface area contributed by atoms with Gasteiger partial charge in [0.15, 0.2) is 0 Å². The van der Waals surface area contributed by atoms with Gasteiger partial charge in [-0.1, -0.05) is 0 Å². The first-order valence-electron chi connectivity index (χ1n) is 9.57. The molecule has 1 amide bonds. The zero-order chi connectivity index (χ0) is 20.7. The van der Waals surface area contributed by atoms with Gasteiger partial charge in [0.25, 0.3) is 0 Å². The molecular weight excluding hydrogens is 448 g/mol. The van der Waals surface area contributed by atoms with Crippen molar-refractivity contribution < 1.29 is 19.0 Å². The number of nitrogens with one attached hydrogen (secondary N) is 1. The summed E-state index contributed by atoms with van der Waals surface area (Å²) in [5.41, 5.74) is -0.441. The summed E-state index contributed by atoms with van der Waals surface area (Å²) < 4.78 is 16.4. The molecule has 1 N–H and O–H groups in total. The molecule has 2 aromatic heterocycles. The van der Waals surface area contributed by atoms with Crippen LogP contribution in [0.2, 0.25) is 0 Å². The molecule has 4 heterocycles. The summed E-state index contributed by atoms with van der Waals surface area (Å²) >= 11 is 3.22. The lowest BCUT2D eigenvalue weighted by Crippen LogP contribution is -2.55. The first-order chi connectivity index (χ1) is 13.9. The Morgan fingerprint density at radius 1 is 1.07 bits per heavy atom. The van der Waals surface area contributed by atoms with Crippen molar-refractivity contribution >= 4 is 41.2 Å². The van der Waals surface area contributed by atoms with Gasteiger partial charge in [-0.2, -0.15) is 0 Å². The molecule has 0 aromatic carbocycles. The van der Waals surface area contributed by atoms with E-state index in [-0.39, 0.29) is 24.6 Å². The van der Waals surface area contributed by atoms with E-state index in [1.165, 1.54) is 0 Å². The van der Waals surface area contributed by atoms with Gasteiger partial charge in [-0.15, -0.1) is 35.1 Å². The molecule has 0 radical (unpaired) electrons. The fourth-order valence-electron chi connectivity index (χ4n) is 2.43. The zero-order valence-electron chi connectivity index (χ0n) is 17.4. The second kappa shape index (κ2) is 11.9. The van der Waals surface area contributed by atoms with Crippen molar-refractivity contribution in [1.29, 1.82) is 0 Å². The zero-order valence-corrected chi connectivity index (χ0v) is 19.9. The largest absolute Gasteiger partial charge is 0.444 e. The van der Waals surface area contributed by atoms with E-state index >= 15 is 0 Å². The lowest BCUT2D eigenvalue weighted by atomic mass is 10.2. The van der Waals surface area contributed by atoms with Crippen LogP contribution in [-0.2, 0) is 27.4 Å². The molecule has 2 aromatic rings. The van der Waals surface area contributed by atoms with Crippen LogP contribution < -0.4 is 5.32 Å². The first-order valence-corrected chi connectivity index (χ1v) is 11.3. The third-order valence-electron chi connectivity index (χ3n) is 4.10. The Hall–Kier alpha value is -1.30. The van der Waals surface area contributed by atoms with Crippen molar-refractivity contribution in [3.05, 3.63) is 33.2 Å². The highest BCUT2D eigenvalue weighted by Crippen LogP contribution is 2.18. The molecular formula is C19H29ClN4O4S2. The topological polar surface area (TPSA) is 85.8 Å². The van der Waals surface area contributed by atoms with Crippen molar-refractivity contribution in [1.82, 2.24) is 20.2 Å². The predicted octanol–water partition coefficient (Wildman–Crippen LogP) is 3.33. The Kier molecular flexibility index (Phi) is 9.92. The molecule has 11 heteroatoms. The lowest BCUT2D eigenvalue weighted by Gasteiger charge is -2.39. The van der Waals surface area contributed by atoms with Gasteiger partial charge in [-0.05, 0) is 20.8 Å². The van der Waals surface area contributed by atoms with E-state index < -0.39 is 5.60 Å². The van der Waals surface area contributed by atoms with Gasteiger partial charge in [0.2, 0.25) is 0 Å². The second-order valence-electron chi connectivity index (χ2n) is 7.76. The Balaban J connectivity index is 0.000000229. The summed E-state index contributed by atoms with van der Waals surface area (Å²) in [6.07, 6.45) is 3.82. The highest BCUT2D eigenvalue weighted by molar-refractivity contribution is 7.09. The maximum atomic E-state index is 11.7. The Bertz CT molecular complexity index is 730. The number of amides is 1. The summed E-state index contributed by atoms with van der Waals surface area (Å²) in [7, 11) is 0. The minimum Gasteiger partial charge on any atom is -0.444 e. The molecule has 0 unspecified atom stereocenters. The molecule has 0 atom stereocenters. The van der Waals surface area contributed by atoms with E-state index in [1.807, 2.05) is 37.7 Å². The van der Waals surface area contributed by atoms with Crippen molar-refractivity contribution in [3.63, 3.8) is 0 Å². The lowest BCUT2D eigenvalue weighted by molar-refractivity contribution is -0.0691. The number of halogens is 1. The number of carbonyl (C=O) groups is 1. The SMILES string of the molecule is CC(C)(C)OC(=O)N1CC(OCc2nccs2)C1.Cl.c1csc(COC2CNC2)n1. The number of hydrogen-bond acceptors (Lipinski definition) is 9. The minimum absolute atomic E-state index is 0. The van der Waals surface area contributed by atoms with Crippen molar-refractivity contribution in [2.45, 2.75) is 51.8 Å². The quantitative estimate of drug-likeness (QED) is 0.684. The minimum atomic E-state index is -0.441. The maximum Gasteiger partial charge on any atom is 0.410 e. The average Bonchev–Trinajstić information content (AvgIpc) is 3.24. The fourth-order valence-corrected chi connectivity index (χ4v) is 3.50. The average molecular weight is 477 g/mol. The van der Waals surface area contributed by atoms with Gasteiger partial charge in [0, 0.05) is 36.2 Å². The van der Waals surface area contributed by atoms with Crippen LogP contribution >= 0.6 is 35.1 Å². The van der Waals surface area contributed by atoms with Crippen LogP contribution in [-0.4, -0.2) is 64.9 Å². The number of rotatable bonds is 6. The molecule has 168 valence electrons. The molecule has 0 bridgehead atoms. The van der Waals surface area contributed by atoms with Crippen molar-refractivity contribution in [2.75, 3.05) is 26.2 Å². The van der Waals surface area contributed by atoms with Crippen LogP contribution in [0.1, 0.15) is 30.8 Å². The van der Waals surface area contributed by atoms with Crippen LogP contribution in [0.5, 0.6) is 0 Å². The van der Waals surface area contributed by atoms with Crippen molar-refractivity contribution in [3.8, 4) is 0 Å². The van der Waals surface area contributed by atoms with Gasteiger partial charge < -0.3 is 24.4 Å². The van der Waals surface area contributed by atoms with Crippen LogP contribution in [0.15, 0.2) is 23.2 Å². The molecule has 2 fully saturated rings. The molecule has 2 saturated heterocycles. The maximum absolute atomic E-state index is 11.7. The molecule has 2 aliphatic heterocycles. The number of aromatic nitrogens is 2. The van der Waals surface area contributed by atoms with Crippen LogP contribution in [0.3, 0.4) is 0 Å². The number of carbonyl (C=O) groups excluding carboxylic acids is 1. The van der Waals surface area contributed by atoms with Gasteiger partial charge in [0.1, 0.15) is 15.6 Å². The summed E-state index contributed by atoms with van der Waals surface area (Å²) in [5.74, 6) is 0. The van der Waals surface area contributed by atoms with E-state index in [2.05, 4.69) is 15.3 Å². The molecule has 0 aliphatic carbocycles. The summed E-state index contributed by atoms with van der Waals surface area (Å²) in [6, 6.07) is 0. The van der Waals surface area contributed by atoms with Gasteiger partial charge >= 0.3 is 6.09 Å². The highest BCUT2D eigenvalue weighted by atomic mass is 35.5. The molecule has 2 aliphatic rings. The number of hydrogen-bond donors (Lipinski definition) is 1. The van der Waals surface area contributed by atoms with E-state index in [1.54, 1.807) is 33.8 Å². The molecule has 0 spiro atoms. The van der Waals surface area contributed by atoms with Gasteiger partial charge in [-0.25, -0.2) is 14.8 Å². The number of thiazole rings is 2. The van der Waals surface area contributed by atoms with E-state index in [4.69, 9.17) is 14.2 Å².